The van der Waals surface area contributed by atoms with Crippen LogP contribution in [0.2, 0.25) is 5.15 Å². The number of ether oxygens (including phenoxy) is 3. The molecule has 0 spiro atoms. The summed E-state index contributed by atoms with van der Waals surface area (Å²) in [5.74, 6) is 0.578. The molecule has 2 aromatic heterocycles. The number of pyridine rings is 1. The topological polar surface area (TPSA) is 65.2 Å². The average molecular weight is 389 g/mol. The molecule has 3 aromatic rings. The Balaban J connectivity index is 1.82. The van der Waals surface area contributed by atoms with Crippen LogP contribution in [0, 0.1) is 6.92 Å². The van der Waals surface area contributed by atoms with E-state index >= 15 is 0 Å². The van der Waals surface area contributed by atoms with Crippen molar-refractivity contribution >= 4 is 17.2 Å². The molecule has 3 atom stereocenters. The third kappa shape index (κ3) is 3.19. The molecule has 0 unspecified atom stereocenters. The van der Waals surface area contributed by atoms with Gasteiger partial charge in [-0.1, -0.05) is 41.9 Å². The van der Waals surface area contributed by atoms with Crippen LogP contribution in [0.25, 0.3) is 5.65 Å². The van der Waals surface area contributed by atoms with Gasteiger partial charge in [0, 0.05) is 18.9 Å². The van der Waals surface area contributed by atoms with Crippen molar-refractivity contribution in [2.75, 3.05) is 20.3 Å². The molecule has 3 heterocycles. The number of hydrogen-bond acceptors (Lipinski definition) is 5. The molecule has 7 heteroatoms. The fraction of sp³-hybridized carbons (Fsp3) is 0.350. The molecule has 27 heavy (non-hydrogen) atoms. The van der Waals surface area contributed by atoms with E-state index in [0.717, 1.165) is 11.1 Å². The van der Waals surface area contributed by atoms with Gasteiger partial charge in [0.25, 0.3) is 0 Å². The van der Waals surface area contributed by atoms with Crippen LogP contribution in [0.15, 0.2) is 42.6 Å². The third-order valence-corrected chi connectivity index (χ3v) is 5.22. The van der Waals surface area contributed by atoms with E-state index in [-0.39, 0.29) is 0 Å². The molecule has 4 rings (SSSR count). The van der Waals surface area contributed by atoms with E-state index in [4.69, 9.17) is 25.8 Å². The number of aromatic nitrogens is 2. The number of aliphatic hydroxyl groups is 1. The van der Waals surface area contributed by atoms with Gasteiger partial charge in [0.05, 0.1) is 18.9 Å². The Morgan fingerprint density at radius 1 is 1.22 bits per heavy atom. The number of aryl methyl sites for hydroxylation is 1. The summed E-state index contributed by atoms with van der Waals surface area (Å²) in [4.78, 5) is 4.55. The maximum atomic E-state index is 11.0. The minimum absolute atomic E-state index is 0.360. The molecule has 6 nitrogen and oxygen atoms in total. The largest absolute Gasteiger partial charge is 0.479 e. The molecular weight excluding hydrogens is 368 g/mol. The number of nitrogens with zero attached hydrogens (tertiary/aromatic N) is 2. The monoisotopic (exact) mass is 388 g/mol. The molecule has 1 aliphatic heterocycles. The van der Waals surface area contributed by atoms with Crippen molar-refractivity contribution in [3.8, 4) is 5.75 Å². The molecule has 0 saturated carbocycles. The van der Waals surface area contributed by atoms with Gasteiger partial charge in [-0.3, -0.25) is 4.40 Å². The quantitative estimate of drug-likeness (QED) is 0.678. The van der Waals surface area contributed by atoms with Gasteiger partial charge >= 0.3 is 0 Å². The predicted octanol–water partition coefficient (Wildman–Crippen LogP) is 3.49. The highest BCUT2D eigenvalue weighted by Crippen LogP contribution is 2.45. The Labute approximate surface area is 162 Å². The summed E-state index contributed by atoms with van der Waals surface area (Å²) in [7, 11) is 1.61. The molecule has 0 fully saturated rings. The Morgan fingerprint density at radius 2 is 2.00 bits per heavy atom. The van der Waals surface area contributed by atoms with Crippen LogP contribution >= 0.6 is 11.6 Å². The second-order valence-electron chi connectivity index (χ2n) is 6.51. The third-order valence-electron chi connectivity index (χ3n) is 4.76. The number of aliphatic hydroxyl groups excluding tert-OH is 1. The summed E-state index contributed by atoms with van der Waals surface area (Å²) in [6, 6.07) is 11.5. The average Bonchev–Trinajstić information content (AvgIpc) is 2.98. The normalized spacial score (nSPS) is 21.9. The van der Waals surface area contributed by atoms with Crippen molar-refractivity contribution in [1.29, 1.82) is 0 Å². The molecule has 0 radical (unpaired) electrons. The summed E-state index contributed by atoms with van der Waals surface area (Å²) in [5.41, 5.74) is 2.95. The van der Waals surface area contributed by atoms with E-state index in [2.05, 4.69) is 4.98 Å². The maximum absolute atomic E-state index is 11.0. The van der Waals surface area contributed by atoms with Gasteiger partial charge in [0.1, 0.15) is 17.4 Å². The minimum Gasteiger partial charge on any atom is -0.479 e. The lowest BCUT2D eigenvalue weighted by Crippen LogP contribution is -2.36. The lowest BCUT2D eigenvalue weighted by atomic mass is 9.92. The van der Waals surface area contributed by atoms with Crippen molar-refractivity contribution in [1.82, 2.24) is 9.38 Å². The van der Waals surface area contributed by atoms with Crippen LogP contribution in [0.1, 0.15) is 29.0 Å². The number of halogens is 1. The summed E-state index contributed by atoms with van der Waals surface area (Å²) in [6.07, 6.45) is -0.184. The number of rotatable bonds is 5. The van der Waals surface area contributed by atoms with Crippen LogP contribution in [0.4, 0.5) is 0 Å². The lowest BCUT2D eigenvalue weighted by molar-refractivity contribution is -0.108. The molecule has 1 N–H and O–H groups in total. The van der Waals surface area contributed by atoms with Crippen LogP contribution < -0.4 is 4.74 Å². The molecule has 0 bridgehead atoms. The van der Waals surface area contributed by atoms with E-state index < -0.39 is 18.3 Å². The summed E-state index contributed by atoms with van der Waals surface area (Å²) in [5, 5.41) is 11.6. The molecule has 142 valence electrons. The number of hydrogen-bond donors (Lipinski definition) is 1. The zero-order valence-corrected chi connectivity index (χ0v) is 15.9. The Hall–Kier alpha value is -2.12. The van der Waals surface area contributed by atoms with Crippen molar-refractivity contribution in [2.24, 2.45) is 0 Å². The van der Waals surface area contributed by atoms with E-state index in [9.17, 15) is 5.11 Å². The predicted molar refractivity (Wildman–Crippen MR) is 101 cm³/mol. The van der Waals surface area contributed by atoms with Gasteiger partial charge in [0.15, 0.2) is 17.5 Å². The molecule has 0 saturated heterocycles. The fourth-order valence-corrected chi connectivity index (χ4v) is 3.60. The number of fused-ring (bicyclic) bond motifs is 3. The van der Waals surface area contributed by atoms with Crippen LogP contribution in [-0.2, 0) is 9.47 Å². The van der Waals surface area contributed by atoms with Crippen LogP contribution in [-0.4, -0.2) is 40.9 Å². The maximum Gasteiger partial charge on any atom is 0.181 e. The van der Waals surface area contributed by atoms with Crippen LogP contribution in [0.3, 0.4) is 0 Å². The molecule has 0 aliphatic carbocycles. The molecule has 1 aromatic carbocycles. The van der Waals surface area contributed by atoms with Crippen molar-refractivity contribution in [3.63, 3.8) is 0 Å². The van der Waals surface area contributed by atoms with Crippen molar-refractivity contribution in [3.05, 3.63) is 64.6 Å². The van der Waals surface area contributed by atoms with Gasteiger partial charge in [-0.15, -0.1) is 0 Å². The lowest BCUT2D eigenvalue weighted by Gasteiger charge is -2.36. The Bertz CT molecular complexity index is 944. The van der Waals surface area contributed by atoms with Crippen molar-refractivity contribution in [2.45, 2.75) is 25.2 Å². The second kappa shape index (κ2) is 7.48. The smallest absolute Gasteiger partial charge is 0.181 e. The highest BCUT2D eigenvalue weighted by Gasteiger charge is 2.40. The SMILES string of the molecule is COCCO[C@@H]1c2ccn3c(Cl)c(C)nc3c2O[C@H](c2ccccc2)[C@@H]1O. The number of benzene rings is 1. The zero-order valence-electron chi connectivity index (χ0n) is 15.1. The Kier molecular flexibility index (Phi) is 5.06. The summed E-state index contributed by atoms with van der Waals surface area (Å²) < 4.78 is 19.1. The fourth-order valence-electron chi connectivity index (χ4n) is 3.42. The molecular formula is C20H21ClN2O4. The minimum atomic E-state index is -0.870. The molecule has 0 amide bonds. The van der Waals surface area contributed by atoms with Gasteiger partial charge in [0.2, 0.25) is 0 Å². The van der Waals surface area contributed by atoms with Crippen molar-refractivity contribution < 1.29 is 19.3 Å². The van der Waals surface area contributed by atoms with E-state index in [1.165, 1.54) is 0 Å². The van der Waals surface area contributed by atoms with E-state index in [0.29, 0.717) is 35.5 Å². The first kappa shape index (κ1) is 18.3. The first-order chi connectivity index (χ1) is 13.1. The molecule has 1 aliphatic rings. The standard InChI is InChI=1S/C20H21ClN2O4/c1-12-19(21)23-9-8-14-17(26-11-10-25-2)15(24)16(13-6-4-3-5-7-13)27-18(14)20(23)22-12/h3-9,15-17,24H,10-11H2,1-2H3/t15-,16+,17+/m0/s1. The van der Waals surface area contributed by atoms with Gasteiger partial charge < -0.3 is 19.3 Å². The Morgan fingerprint density at radius 3 is 2.74 bits per heavy atom. The van der Waals surface area contributed by atoms with Gasteiger partial charge in [-0.2, -0.15) is 0 Å². The summed E-state index contributed by atoms with van der Waals surface area (Å²) in [6.45, 7) is 2.64. The number of methoxy groups -OCH3 is 1. The highest BCUT2D eigenvalue weighted by atomic mass is 35.5. The first-order valence-corrected chi connectivity index (χ1v) is 9.17. The summed E-state index contributed by atoms with van der Waals surface area (Å²) >= 11 is 6.35. The highest BCUT2D eigenvalue weighted by molar-refractivity contribution is 6.30. The second-order valence-corrected chi connectivity index (χ2v) is 6.86. The first-order valence-electron chi connectivity index (χ1n) is 8.79. The van der Waals surface area contributed by atoms with E-state index in [1.54, 1.807) is 11.5 Å². The number of imidazole rings is 1. The van der Waals surface area contributed by atoms with Gasteiger partial charge in [-0.05, 0) is 18.6 Å². The zero-order chi connectivity index (χ0) is 19.0. The van der Waals surface area contributed by atoms with Gasteiger partial charge in [-0.25, -0.2) is 4.98 Å². The van der Waals surface area contributed by atoms with Crippen LogP contribution in [0.5, 0.6) is 5.75 Å². The van der Waals surface area contributed by atoms with E-state index in [1.807, 2.05) is 49.5 Å².